The highest BCUT2D eigenvalue weighted by atomic mass is 35.5. The normalized spacial score (nSPS) is 20.8. The molecule has 8 heteroatoms. The second-order valence-electron chi connectivity index (χ2n) is 6.39. The van der Waals surface area contributed by atoms with E-state index in [1.165, 1.54) is 6.07 Å². The summed E-state index contributed by atoms with van der Waals surface area (Å²) in [4.78, 5) is 12.4. The van der Waals surface area contributed by atoms with E-state index in [9.17, 15) is 18.7 Å². The fourth-order valence-electron chi connectivity index (χ4n) is 3.08. The van der Waals surface area contributed by atoms with E-state index in [0.29, 0.717) is 12.8 Å². The zero-order valence-electron chi connectivity index (χ0n) is 13.5. The predicted octanol–water partition coefficient (Wildman–Crippen LogP) is 2.52. The lowest BCUT2D eigenvalue weighted by Gasteiger charge is -2.37. The van der Waals surface area contributed by atoms with Crippen LogP contribution in [0.3, 0.4) is 0 Å². The first-order chi connectivity index (χ1) is 11.8. The van der Waals surface area contributed by atoms with Crippen molar-refractivity contribution in [2.24, 2.45) is 13.0 Å². The Kier molecular flexibility index (Phi) is 5.06. The Morgan fingerprint density at radius 2 is 2.20 bits per heavy atom. The SMILES string of the molecule is Cn1cc([C@@H](NC(=O)Cc2ccc(F)c(Cl)c2F)C2CC(O)C2)cn1. The molecule has 0 radical (unpaired) electrons. The molecule has 0 unspecified atom stereocenters. The first kappa shape index (κ1) is 17.8. The minimum absolute atomic E-state index is 0.0301. The van der Waals surface area contributed by atoms with Crippen LogP contribution in [0.5, 0.6) is 0 Å². The molecule has 0 saturated heterocycles. The van der Waals surface area contributed by atoms with Gasteiger partial charge in [-0.2, -0.15) is 5.10 Å². The van der Waals surface area contributed by atoms with Crippen molar-refractivity contribution < 1.29 is 18.7 Å². The van der Waals surface area contributed by atoms with Gasteiger partial charge in [-0.15, -0.1) is 0 Å². The Hall–Kier alpha value is -1.99. The van der Waals surface area contributed by atoms with Gasteiger partial charge in [0.05, 0.1) is 24.8 Å². The Balaban J connectivity index is 1.73. The number of carbonyl (C=O) groups excluding carboxylic acids is 1. The van der Waals surface area contributed by atoms with Crippen molar-refractivity contribution >= 4 is 17.5 Å². The van der Waals surface area contributed by atoms with Crippen LogP contribution >= 0.6 is 11.6 Å². The number of carbonyl (C=O) groups is 1. The Bertz CT molecular complexity index is 790. The average molecular weight is 370 g/mol. The second kappa shape index (κ2) is 7.09. The van der Waals surface area contributed by atoms with Gasteiger partial charge in [0, 0.05) is 18.8 Å². The molecule has 1 aliphatic rings. The van der Waals surface area contributed by atoms with Crippen LogP contribution in [0.1, 0.15) is 30.0 Å². The molecule has 1 aromatic heterocycles. The smallest absolute Gasteiger partial charge is 0.225 e. The van der Waals surface area contributed by atoms with Crippen molar-refractivity contribution in [1.29, 1.82) is 0 Å². The van der Waals surface area contributed by atoms with Gasteiger partial charge in [-0.3, -0.25) is 9.48 Å². The molecule has 1 atom stereocenters. The lowest BCUT2D eigenvalue weighted by atomic mass is 9.75. The van der Waals surface area contributed by atoms with Crippen LogP contribution in [0.15, 0.2) is 24.5 Å². The Morgan fingerprint density at radius 3 is 2.80 bits per heavy atom. The zero-order chi connectivity index (χ0) is 18.1. The summed E-state index contributed by atoms with van der Waals surface area (Å²) >= 11 is 5.55. The van der Waals surface area contributed by atoms with Crippen LogP contribution in [-0.4, -0.2) is 26.9 Å². The largest absolute Gasteiger partial charge is 0.393 e. The van der Waals surface area contributed by atoms with Gasteiger partial charge in [-0.05, 0) is 30.4 Å². The number of hydrogen-bond acceptors (Lipinski definition) is 3. The van der Waals surface area contributed by atoms with Crippen molar-refractivity contribution in [3.8, 4) is 0 Å². The first-order valence-corrected chi connectivity index (χ1v) is 8.31. The van der Waals surface area contributed by atoms with Crippen molar-refractivity contribution in [1.82, 2.24) is 15.1 Å². The topological polar surface area (TPSA) is 67.2 Å². The van der Waals surface area contributed by atoms with Crippen LogP contribution in [0.25, 0.3) is 0 Å². The zero-order valence-corrected chi connectivity index (χ0v) is 14.3. The van der Waals surface area contributed by atoms with E-state index in [2.05, 4.69) is 10.4 Å². The monoisotopic (exact) mass is 369 g/mol. The van der Waals surface area contributed by atoms with E-state index in [0.717, 1.165) is 11.6 Å². The minimum Gasteiger partial charge on any atom is -0.393 e. The average Bonchev–Trinajstić information content (AvgIpc) is 2.97. The van der Waals surface area contributed by atoms with Crippen LogP contribution in [0.4, 0.5) is 8.78 Å². The third-order valence-electron chi connectivity index (χ3n) is 4.49. The van der Waals surface area contributed by atoms with Crippen molar-refractivity contribution in [3.63, 3.8) is 0 Å². The molecule has 1 aliphatic carbocycles. The van der Waals surface area contributed by atoms with Crippen LogP contribution in [0.2, 0.25) is 5.02 Å². The first-order valence-electron chi connectivity index (χ1n) is 7.93. The molecule has 134 valence electrons. The maximum Gasteiger partial charge on any atom is 0.225 e. The van der Waals surface area contributed by atoms with Gasteiger partial charge >= 0.3 is 0 Å². The quantitative estimate of drug-likeness (QED) is 0.796. The fourth-order valence-corrected chi connectivity index (χ4v) is 3.26. The molecule has 2 N–H and O–H groups in total. The number of rotatable bonds is 5. The molecule has 2 aromatic rings. The predicted molar refractivity (Wildman–Crippen MR) is 87.9 cm³/mol. The Labute approximate surface area is 148 Å². The van der Waals surface area contributed by atoms with E-state index in [1.807, 2.05) is 0 Å². The van der Waals surface area contributed by atoms with Crippen LogP contribution < -0.4 is 5.32 Å². The lowest BCUT2D eigenvalue weighted by molar-refractivity contribution is -0.122. The standard InChI is InChI=1S/C17H18ClF2N3O2/c1-23-8-11(7-21-23)17(10-4-12(24)5-10)22-14(25)6-9-2-3-13(19)15(18)16(9)20/h2-3,7-8,10,12,17,24H,4-6H2,1H3,(H,22,25)/t10?,12?,17-/m0/s1. The molecule has 0 spiro atoms. The van der Waals surface area contributed by atoms with Gasteiger partial charge in [0.2, 0.25) is 5.91 Å². The number of amides is 1. The maximum atomic E-state index is 14.0. The molecule has 5 nitrogen and oxygen atoms in total. The Morgan fingerprint density at radius 1 is 1.48 bits per heavy atom. The van der Waals surface area contributed by atoms with Crippen molar-refractivity contribution in [3.05, 3.63) is 52.3 Å². The molecule has 25 heavy (non-hydrogen) atoms. The van der Waals surface area contributed by atoms with E-state index in [1.54, 1.807) is 24.1 Å². The number of nitrogens with zero attached hydrogens (tertiary/aromatic N) is 2. The second-order valence-corrected chi connectivity index (χ2v) is 6.77. The molecule has 3 rings (SSSR count). The molecular formula is C17H18ClF2N3O2. The third kappa shape index (κ3) is 3.82. The molecule has 1 saturated carbocycles. The number of halogens is 3. The van der Waals surface area contributed by atoms with Gasteiger partial charge in [0.1, 0.15) is 16.7 Å². The van der Waals surface area contributed by atoms with Crippen LogP contribution in [0, 0.1) is 17.6 Å². The third-order valence-corrected chi connectivity index (χ3v) is 4.83. The summed E-state index contributed by atoms with van der Waals surface area (Å²) in [6.45, 7) is 0. The summed E-state index contributed by atoms with van der Waals surface area (Å²) in [5.41, 5.74) is 0.854. The summed E-state index contributed by atoms with van der Waals surface area (Å²) in [5, 5.41) is 15.9. The van der Waals surface area contributed by atoms with E-state index in [-0.39, 0.29) is 30.0 Å². The molecule has 0 bridgehead atoms. The van der Waals surface area contributed by atoms with Crippen LogP contribution in [-0.2, 0) is 18.3 Å². The van der Waals surface area contributed by atoms with Gasteiger partial charge in [0.25, 0.3) is 0 Å². The summed E-state index contributed by atoms with van der Waals surface area (Å²) in [7, 11) is 1.77. The summed E-state index contributed by atoms with van der Waals surface area (Å²) in [6.07, 6.45) is 4.00. The highest BCUT2D eigenvalue weighted by Crippen LogP contribution is 2.38. The molecule has 0 aliphatic heterocycles. The van der Waals surface area contributed by atoms with Crippen molar-refractivity contribution in [2.75, 3.05) is 0 Å². The van der Waals surface area contributed by atoms with E-state index < -0.39 is 22.6 Å². The number of aliphatic hydroxyl groups excluding tert-OH is 1. The van der Waals surface area contributed by atoms with Gasteiger partial charge in [-0.1, -0.05) is 17.7 Å². The molecule has 1 amide bonds. The maximum absolute atomic E-state index is 14.0. The summed E-state index contributed by atoms with van der Waals surface area (Å²) in [6, 6.07) is 1.93. The summed E-state index contributed by atoms with van der Waals surface area (Å²) in [5.74, 6) is -2.10. The number of benzene rings is 1. The summed E-state index contributed by atoms with van der Waals surface area (Å²) < 4.78 is 28.8. The number of aliphatic hydroxyl groups is 1. The fraction of sp³-hybridized carbons (Fsp3) is 0.412. The number of nitrogens with one attached hydrogen (secondary N) is 1. The van der Waals surface area contributed by atoms with E-state index in [4.69, 9.17) is 11.6 Å². The minimum atomic E-state index is -0.922. The molecule has 1 aromatic carbocycles. The molecule has 1 heterocycles. The lowest BCUT2D eigenvalue weighted by Crippen LogP contribution is -2.41. The highest BCUT2D eigenvalue weighted by molar-refractivity contribution is 6.31. The number of aryl methyl sites for hydroxylation is 1. The number of hydrogen-bond donors (Lipinski definition) is 2. The van der Waals surface area contributed by atoms with E-state index >= 15 is 0 Å². The highest BCUT2D eigenvalue weighted by Gasteiger charge is 2.36. The van der Waals surface area contributed by atoms with Gasteiger partial charge in [0.15, 0.2) is 0 Å². The van der Waals surface area contributed by atoms with Gasteiger partial charge in [-0.25, -0.2) is 8.78 Å². The van der Waals surface area contributed by atoms with Gasteiger partial charge < -0.3 is 10.4 Å². The molecule has 1 fully saturated rings. The van der Waals surface area contributed by atoms with Crippen molar-refractivity contribution in [2.45, 2.75) is 31.4 Å². The molecular weight excluding hydrogens is 352 g/mol. The number of aromatic nitrogens is 2.